The Kier molecular flexibility index (Phi) is 4.03. The molecule has 0 aliphatic carbocycles. The van der Waals surface area contributed by atoms with Gasteiger partial charge in [-0.15, -0.1) is 0 Å². The van der Waals surface area contributed by atoms with Crippen LogP contribution in [0.3, 0.4) is 0 Å². The molecule has 3 rings (SSSR count). The number of hydrogen-bond donors (Lipinski definition) is 1. The Bertz CT molecular complexity index is 1070. The Morgan fingerprint density at radius 2 is 1.62 bits per heavy atom. The third-order valence-corrected chi connectivity index (χ3v) is 5.88. The van der Waals surface area contributed by atoms with Crippen molar-refractivity contribution in [1.29, 1.82) is 0 Å². The van der Waals surface area contributed by atoms with Gasteiger partial charge in [0.2, 0.25) is 10.0 Å². The average Bonchev–Trinajstić information content (AvgIpc) is 2.55. The van der Waals surface area contributed by atoms with Crippen LogP contribution in [0.15, 0.2) is 58.2 Å². The number of aryl methyl sites for hydroxylation is 1. The standard InChI is InChI=1S/C18H18N2O3S/c1-12-5-4-6-15-16(12)11-17(19-18(15)21)13-7-9-14(10-8-13)24(22,23)20(2)3/h4-11H,1-3H3,(H,19,21). The summed E-state index contributed by atoms with van der Waals surface area (Å²) in [6.45, 7) is 1.96. The molecule has 0 radical (unpaired) electrons. The van der Waals surface area contributed by atoms with Gasteiger partial charge in [0.05, 0.1) is 4.90 Å². The minimum atomic E-state index is -3.46. The van der Waals surface area contributed by atoms with Gasteiger partial charge in [0.1, 0.15) is 0 Å². The summed E-state index contributed by atoms with van der Waals surface area (Å²) in [6.07, 6.45) is 0. The van der Waals surface area contributed by atoms with E-state index in [1.807, 2.05) is 25.1 Å². The SMILES string of the molecule is Cc1cccc2c(=O)[nH]c(-c3ccc(S(=O)(=O)N(C)C)cc3)cc12. The van der Waals surface area contributed by atoms with Crippen molar-refractivity contribution in [3.05, 3.63) is 64.4 Å². The van der Waals surface area contributed by atoms with Crippen LogP contribution in [0.5, 0.6) is 0 Å². The summed E-state index contributed by atoms with van der Waals surface area (Å²) in [5.74, 6) is 0. The van der Waals surface area contributed by atoms with Crippen LogP contribution < -0.4 is 5.56 Å². The second-order valence-corrected chi connectivity index (χ2v) is 8.01. The first-order valence-corrected chi connectivity index (χ1v) is 8.90. The van der Waals surface area contributed by atoms with E-state index in [0.717, 1.165) is 16.5 Å². The Morgan fingerprint density at radius 1 is 0.958 bits per heavy atom. The molecular formula is C18H18N2O3S. The fraction of sp³-hybridized carbons (Fsp3) is 0.167. The third-order valence-electron chi connectivity index (χ3n) is 4.05. The van der Waals surface area contributed by atoms with E-state index in [0.29, 0.717) is 11.1 Å². The van der Waals surface area contributed by atoms with Gasteiger partial charge in [-0.25, -0.2) is 12.7 Å². The molecular weight excluding hydrogens is 324 g/mol. The lowest BCUT2D eigenvalue weighted by atomic mass is 10.0. The van der Waals surface area contributed by atoms with Crippen LogP contribution in [-0.4, -0.2) is 31.8 Å². The lowest BCUT2D eigenvalue weighted by Crippen LogP contribution is -2.22. The summed E-state index contributed by atoms with van der Waals surface area (Å²) in [4.78, 5) is 15.4. The van der Waals surface area contributed by atoms with E-state index in [4.69, 9.17) is 0 Å². The molecule has 2 aromatic carbocycles. The second-order valence-electron chi connectivity index (χ2n) is 5.86. The molecule has 3 aromatic rings. The molecule has 24 heavy (non-hydrogen) atoms. The molecule has 0 atom stereocenters. The van der Waals surface area contributed by atoms with Crippen LogP contribution >= 0.6 is 0 Å². The molecule has 6 heteroatoms. The second kappa shape index (κ2) is 5.89. The molecule has 0 fully saturated rings. The molecule has 1 aromatic heterocycles. The Labute approximate surface area is 140 Å². The first-order valence-electron chi connectivity index (χ1n) is 7.46. The number of H-pyrrole nitrogens is 1. The molecule has 0 saturated heterocycles. The van der Waals surface area contributed by atoms with Crippen molar-refractivity contribution in [1.82, 2.24) is 9.29 Å². The fourth-order valence-corrected chi connectivity index (χ4v) is 3.51. The molecule has 124 valence electrons. The van der Waals surface area contributed by atoms with E-state index in [1.54, 1.807) is 30.3 Å². The maximum Gasteiger partial charge on any atom is 0.256 e. The molecule has 5 nitrogen and oxygen atoms in total. The third kappa shape index (κ3) is 2.74. The lowest BCUT2D eigenvalue weighted by molar-refractivity contribution is 0.521. The van der Waals surface area contributed by atoms with Gasteiger partial charge in [0.25, 0.3) is 5.56 Å². The Hall–Kier alpha value is -2.44. The van der Waals surface area contributed by atoms with Crippen molar-refractivity contribution in [2.75, 3.05) is 14.1 Å². The van der Waals surface area contributed by atoms with E-state index in [1.165, 1.54) is 18.4 Å². The van der Waals surface area contributed by atoms with E-state index < -0.39 is 10.0 Å². The summed E-state index contributed by atoms with van der Waals surface area (Å²) >= 11 is 0. The normalized spacial score (nSPS) is 12.0. The topological polar surface area (TPSA) is 70.2 Å². The molecule has 0 bridgehead atoms. The average molecular weight is 342 g/mol. The zero-order valence-corrected chi connectivity index (χ0v) is 14.5. The summed E-state index contributed by atoms with van der Waals surface area (Å²) in [7, 11) is -0.478. The largest absolute Gasteiger partial charge is 0.321 e. The van der Waals surface area contributed by atoms with Gasteiger partial charge in [-0.3, -0.25) is 4.79 Å². The first kappa shape index (κ1) is 16.4. The van der Waals surface area contributed by atoms with Crippen LogP contribution in [0, 0.1) is 6.92 Å². The predicted octanol–water partition coefficient (Wildman–Crippen LogP) is 2.75. The van der Waals surface area contributed by atoms with Crippen molar-refractivity contribution >= 4 is 20.8 Å². The van der Waals surface area contributed by atoms with Gasteiger partial charge in [-0.2, -0.15) is 0 Å². The van der Waals surface area contributed by atoms with Gasteiger partial charge in [0, 0.05) is 25.2 Å². The maximum atomic E-state index is 12.3. The molecule has 1 N–H and O–H groups in total. The molecule has 0 spiro atoms. The quantitative estimate of drug-likeness (QED) is 0.796. The number of aromatic amines is 1. The number of aromatic nitrogens is 1. The summed E-state index contributed by atoms with van der Waals surface area (Å²) in [6, 6.07) is 14.0. The number of rotatable bonds is 3. The fourth-order valence-electron chi connectivity index (χ4n) is 2.61. The van der Waals surface area contributed by atoms with Crippen LogP contribution in [0.1, 0.15) is 5.56 Å². The highest BCUT2D eigenvalue weighted by atomic mass is 32.2. The van der Waals surface area contributed by atoms with Crippen LogP contribution in [0.25, 0.3) is 22.0 Å². The van der Waals surface area contributed by atoms with Crippen LogP contribution in [0.4, 0.5) is 0 Å². The number of benzene rings is 2. The van der Waals surface area contributed by atoms with Crippen molar-refractivity contribution in [2.24, 2.45) is 0 Å². The van der Waals surface area contributed by atoms with Crippen molar-refractivity contribution < 1.29 is 8.42 Å². The van der Waals surface area contributed by atoms with E-state index in [2.05, 4.69) is 4.98 Å². The smallest absolute Gasteiger partial charge is 0.256 e. The Balaban J connectivity index is 2.12. The number of pyridine rings is 1. The summed E-state index contributed by atoms with van der Waals surface area (Å²) < 4.78 is 25.4. The molecule has 1 heterocycles. The van der Waals surface area contributed by atoms with Gasteiger partial charge in [0.15, 0.2) is 0 Å². The van der Waals surface area contributed by atoms with E-state index in [9.17, 15) is 13.2 Å². The monoisotopic (exact) mass is 342 g/mol. The highest BCUT2D eigenvalue weighted by molar-refractivity contribution is 7.89. The molecule has 0 unspecified atom stereocenters. The van der Waals surface area contributed by atoms with Gasteiger partial charge >= 0.3 is 0 Å². The zero-order chi connectivity index (χ0) is 17.5. The van der Waals surface area contributed by atoms with Crippen molar-refractivity contribution in [3.63, 3.8) is 0 Å². The lowest BCUT2D eigenvalue weighted by Gasteiger charge is -2.12. The molecule has 0 aliphatic heterocycles. The highest BCUT2D eigenvalue weighted by Crippen LogP contribution is 2.24. The first-order chi connectivity index (χ1) is 11.3. The predicted molar refractivity (Wildman–Crippen MR) is 95.6 cm³/mol. The van der Waals surface area contributed by atoms with E-state index >= 15 is 0 Å². The van der Waals surface area contributed by atoms with Crippen molar-refractivity contribution in [2.45, 2.75) is 11.8 Å². The van der Waals surface area contributed by atoms with Gasteiger partial charge < -0.3 is 4.98 Å². The maximum absolute atomic E-state index is 12.3. The minimum absolute atomic E-state index is 0.156. The zero-order valence-electron chi connectivity index (χ0n) is 13.7. The number of nitrogens with one attached hydrogen (secondary N) is 1. The molecule has 0 amide bonds. The van der Waals surface area contributed by atoms with Gasteiger partial charge in [-0.1, -0.05) is 24.3 Å². The Morgan fingerprint density at radius 3 is 2.25 bits per heavy atom. The number of hydrogen-bond acceptors (Lipinski definition) is 3. The van der Waals surface area contributed by atoms with Crippen LogP contribution in [-0.2, 0) is 10.0 Å². The number of nitrogens with zero attached hydrogens (tertiary/aromatic N) is 1. The number of fused-ring (bicyclic) bond motifs is 1. The minimum Gasteiger partial charge on any atom is -0.321 e. The number of sulfonamides is 1. The van der Waals surface area contributed by atoms with Crippen molar-refractivity contribution in [3.8, 4) is 11.3 Å². The van der Waals surface area contributed by atoms with E-state index in [-0.39, 0.29) is 10.5 Å². The summed E-state index contributed by atoms with van der Waals surface area (Å²) in [5, 5.41) is 1.53. The van der Waals surface area contributed by atoms with Crippen LogP contribution in [0.2, 0.25) is 0 Å². The molecule has 0 saturated carbocycles. The van der Waals surface area contributed by atoms with Gasteiger partial charge in [-0.05, 0) is 47.7 Å². The summed E-state index contributed by atoms with van der Waals surface area (Å²) in [5.41, 5.74) is 2.29. The molecule has 0 aliphatic rings. The highest BCUT2D eigenvalue weighted by Gasteiger charge is 2.17.